The summed E-state index contributed by atoms with van der Waals surface area (Å²) in [7, 11) is 0. The Morgan fingerprint density at radius 1 is 1.08 bits per heavy atom. The van der Waals surface area contributed by atoms with Gasteiger partial charge in [0.2, 0.25) is 0 Å². The van der Waals surface area contributed by atoms with Crippen LogP contribution in [0.4, 0.5) is 0 Å². The van der Waals surface area contributed by atoms with Crippen LogP contribution >= 0.6 is 0 Å². The van der Waals surface area contributed by atoms with Gasteiger partial charge in [-0.05, 0) is 43.3 Å². The number of fused-ring (bicyclic) bond motifs is 1. The predicted octanol–water partition coefficient (Wildman–Crippen LogP) is 3.60. The lowest BCUT2D eigenvalue weighted by atomic mass is 10.1. The number of benzene rings is 2. The van der Waals surface area contributed by atoms with Gasteiger partial charge in [0.05, 0.1) is 16.7 Å². The lowest BCUT2D eigenvalue weighted by Gasteiger charge is -2.09. The van der Waals surface area contributed by atoms with E-state index in [4.69, 9.17) is 0 Å². The quantitative estimate of drug-likeness (QED) is 0.542. The number of rotatable bonds is 3. The number of aldehydes is 1. The summed E-state index contributed by atoms with van der Waals surface area (Å²) in [6, 6.07) is 15.5. The molecule has 24 heavy (non-hydrogen) atoms. The Morgan fingerprint density at radius 2 is 2.00 bits per heavy atom. The number of hydrogen-bond donors (Lipinski definition) is 0. The van der Waals surface area contributed by atoms with Crippen molar-refractivity contribution in [3.05, 3.63) is 72.4 Å². The van der Waals surface area contributed by atoms with Crippen LogP contribution in [0.1, 0.15) is 16.2 Å². The monoisotopic (exact) mass is 314 g/mol. The van der Waals surface area contributed by atoms with Crippen molar-refractivity contribution >= 4 is 17.3 Å². The lowest BCUT2D eigenvalue weighted by molar-refractivity contribution is 0.112. The molecule has 0 spiro atoms. The molecule has 0 amide bonds. The van der Waals surface area contributed by atoms with Crippen LogP contribution in [0, 0.1) is 6.92 Å². The van der Waals surface area contributed by atoms with E-state index in [-0.39, 0.29) is 0 Å². The Hall–Kier alpha value is -3.34. The van der Waals surface area contributed by atoms with Crippen molar-refractivity contribution in [3.63, 3.8) is 0 Å². The van der Waals surface area contributed by atoms with Crippen LogP contribution in [0.15, 0.2) is 61.1 Å². The number of hydrogen-bond acceptors (Lipinski definition) is 4. The molecule has 2 aromatic heterocycles. The zero-order valence-corrected chi connectivity index (χ0v) is 13.0. The summed E-state index contributed by atoms with van der Waals surface area (Å²) in [5.74, 6) is 0.868. The van der Waals surface area contributed by atoms with E-state index in [2.05, 4.69) is 25.6 Å². The van der Waals surface area contributed by atoms with Gasteiger partial charge in [-0.3, -0.25) is 9.36 Å². The molecule has 0 N–H and O–H groups in total. The topological polar surface area (TPSA) is 60.7 Å². The van der Waals surface area contributed by atoms with E-state index in [9.17, 15) is 4.79 Å². The van der Waals surface area contributed by atoms with Crippen molar-refractivity contribution in [3.8, 4) is 16.9 Å². The van der Waals surface area contributed by atoms with Crippen LogP contribution in [0.2, 0.25) is 0 Å². The van der Waals surface area contributed by atoms with E-state index in [0.717, 1.165) is 40.1 Å². The zero-order chi connectivity index (χ0) is 16.5. The number of aryl methyl sites for hydroxylation is 1. The fraction of sp³-hybridized carbons (Fsp3) is 0.0526. The van der Waals surface area contributed by atoms with Gasteiger partial charge in [0.25, 0.3) is 0 Å². The molecular formula is C19H14N4O. The van der Waals surface area contributed by atoms with Gasteiger partial charge >= 0.3 is 0 Å². The first-order chi connectivity index (χ1) is 11.8. The molecule has 5 heteroatoms. The number of carbonyl (C=O) groups is 1. The largest absolute Gasteiger partial charge is 0.298 e. The third-order valence-electron chi connectivity index (χ3n) is 3.96. The molecule has 2 aromatic carbocycles. The Kier molecular flexibility index (Phi) is 3.39. The molecule has 0 atom stereocenters. The van der Waals surface area contributed by atoms with Crippen LogP contribution in [-0.4, -0.2) is 25.8 Å². The summed E-state index contributed by atoms with van der Waals surface area (Å²) in [6.45, 7) is 1.96. The molecule has 0 radical (unpaired) electrons. The van der Waals surface area contributed by atoms with E-state index >= 15 is 0 Å². The Labute approximate surface area is 138 Å². The normalized spacial score (nSPS) is 10.9. The van der Waals surface area contributed by atoms with Gasteiger partial charge in [0.15, 0.2) is 0 Å². The third-order valence-corrected chi connectivity index (χ3v) is 3.96. The molecule has 4 aromatic rings. The maximum absolute atomic E-state index is 11.0. The summed E-state index contributed by atoms with van der Waals surface area (Å²) in [6.07, 6.45) is 4.11. The van der Waals surface area contributed by atoms with Gasteiger partial charge in [-0.2, -0.15) is 0 Å². The van der Waals surface area contributed by atoms with Gasteiger partial charge in [0.1, 0.15) is 18.4 Å². The molecule has 0 saturated carbocycles. The van der Waals surface area contributed by atoms with Crippen LogP contribution in [-0.2, 0) is 0 Å². The predicted molar refractivity (Wildman–Crippen MR) is 92.2 cm³/mol. The summed E-state index contributed by atoms with van der Waals surface area (Å²) >= 11 is 0. The molecule has 0 aliphatic rings. The molecule has 116 valence electrons. The molecule has 0 unspecified atom stereocenters. The molecule has 0 aliphatic carbocycles. The Balaban J connectivity index is 1.89. The maximum Gasteiger partial charge on any atom is 0.150 e. The van der Waals surface area contributed by atoms with E-state index in [1.165, 1.54) is 0 Å². The van der Waals surface area contributed by atoms with Crippen LogP contribution in [0.3, 0.4) is 0 Å². The summed E-state index contributed by atoms with van der Waals surface area (Å²) in [5, 5.41) is 0. The minimum absolute atomic E-state index is 0.627. The van der Waals surface area contributed by atoms with Crippen LogP contribution < -0.4 is 0 Å². The highest BCUT2D eigenvalue weighted by molar-refractivity contribution is 5.86. The molecule has 0 bridgehead atoms. The number of carbonyl (C=O) groups excluding carboxylic acids is 1. The van der Waals surface area contributed by atoms with E-state index < -0.39 is 0 Å². The standard InChI is InChI=1S/C19H14N4O/c1-13-22-18-9-14(11-24)5-6-19(18)23(13)16-4-2-3-15(10-16)17-7-8-20-12-21-17/h2-12H,1H3. The van der Waals surface area contributed by atoms with Crippen molar-refractivity contribution in [2.75, 3.05) is 0 Å². The SMILES string of the molecule is Cc1nc2cc(C=O)ccc2n1-c1cccc(-c2ccncn2)c1. The average Bonchev–Trinajstić information content (AvgIpc) is 2.97. The van der Waals surface area contributed by atoms with Crippen LogP contribution in [0.5, 0.6) is 0 Å². The molecule has 0 aliphatic heterocycles. The first-order valence-electron chi connectivity index (χ1n) is 7.57. The zero-order valence-electron chi connectivity index (χ0n) is 13.0. The lowest BCUT2D eigenvalue weighted by Crippen LogP contribution is -1.97. The van der Waals surface area contributed by atoms with Crippen molar-refractivity contribution < 1.29 is 4.79 Å². The fourth-order valence-corrected chi connectivity index (χ4v) is 2.88. The maximum atomic E-state index is 11.0. The molecule has 0 saturated heterocycles. The first kappa shape index (κ1) is 14.3. The van der Waals surface area contributed by atoms with Gasteiger partial charge < -0.3 is 0 Å². The van der Waals surface area contributed by atoms with E-state index in [0.29, 0.717) is 5.56 Å². The second-order valence-corrected chi connectivity index (χ2v) is 5.51. The number of nitrogens with zero attached hydrogens (tertiary/aromatic N) is 4. The average molecular weight is 314 g/mol. The van der Waals surface area contributed by atoms with Crippen molar-refractivity contribution in [1.82, 2.24) is 19.5 Å². The second-order valence-electron chi connectivity index (χ2n) is 5.51. The van der Waals surface area contributed by atoms with E-state index in [1.54, 1.807) is 24.7 Å². The van der Waals surface area contributed by atoms with E-state index in [1.807, 2.05) is 37.3 Å². The highest BCUT2D eigenvalue weighted by Gasteiger charge is 2.11. The number of imidazole rings is 1. The molecule has 4 rings (SSSR count). The smallest absolute Gasteiger partial charge is 0.150 e. The highest BCUT2D eigenvalue weighted by atomic mass is 16.1. The van der Waals surface area contributed by atoms with Gasteiger partial charge in [-0.15, -0.1) is 0 Å². The Bertz CT molecular complexity index is 1040. The second kappa shape index (κ2) is 5.70. The Morgan fingerprint density at radius 3 is 2.79 bits per heavy atom. The summed E-state index contributed by atoms with van der Waals surface area (Å²) in [4.78, 5) is 23.8. The minimum Gasteiger partial charge on any atom is -0.298 e. The fourth-order valence-electron chi connectivity index (χ4n) is 2.88. The third kappa shape index (κ3) is 2.36. The van der Waals surface area contributed by atoms with Crippen LogP contribution in [0.25, 0.3) is 28.0 Å². The van der Waals surface area contributed by atoms with Gasteiger partial charge in [-0.1, -0.05) is 12.1 Å². The van der Waals surface area contributed by atoms with Crippen molar-refractivity contribution in [2.45, 2.75) is 6.92 Å². The molecule has 5 nitrogen and oxygen atoms in total. The van der Waals surface area contributed by atoms with Gasteiger partial charge in [-0.25, -0.2) is 15.0 Å². The minimum atomic E-state index is 0.627. The molecular weight excluding hydrogens is 300 g/mol. The first-order valence-corrected chi connectivity index (χ1v) is 7.57. The van der Waals surface area contributed by atoms with Gasteiger partial charge in [0, 0.05) is 23.0 Å². The van der Waals surface area contributed by atoms with Crippen molar-refractivity contribution in [2.24, 2.45) is 0 Å². The summed E-state index contributed by atoms with van der Waals surface area (Å²) < 4.78 is 2.08. The van der Waals surface area contributed by atoms with Crippen molar-refractivity contribution in [1.29, 1.82) is 0 Å². The highest BCUT2D eigenvalue weighted by Crippen LogP contribution is 2.25. The number of aromatic nitrogens is 4. The molecule has 2 heterocycles. The summed E-state index contributed by atoms with van der Waals surface area (Å²) in [5.41, 5.74) is 5.30. The molecule has 0 fully saturated rings.